The van der Waals surface area contributed by atoms with Gasteiger partial charge in [-0.15, -0.1) is 0 Å². The van der Waals surface area contributed by atoms with Crippen molar-refractivity contribution in [1.82, 2.24) is 15.1 Å². The van der Waals surface area contributed by atoms with Crippen LogP contribution in [0.15, 0.2) is 28.8 Å². The Morgan fingerprint density at radius 2 is 1.93 bits per heavy atom. The third kappa shape index (κ3) is 3.62. The van der Waals surface area contributed by atoms with Crippen molar-refractivity contribution in [3.05, 3.63) is 46.7 Å². The molecule has 2 aromatic heterocycles. The number of thiazole rings is 1. The van der Waals surface area contributed by atoms with Crippen LogP contribution >= 0.6 is 11.3 Å². The number of ketones is 1. The van der Waals surface area contributed by atoms with E-state index in [0.29, 0.717) is 11.5 Å². The van der Waals surface area contributed by atoms with Crippen molar-refractivity contribution in [3.8, 4) is 0 Å². The molecule has 27 heavy (non-hydrogen) atoms. The van der Waals surface area contributed by atoms with E-state index in [1.165, 1.54) is 29.2 Å². The van der Waals surface area contributed by atoms with Gasteiger partial charge in [0.1, 0.15) is 22.6 Å². The van der Waals surface area contributed by atoms with E-state index in [1.807, 2.05) is 0 Å². The largest absolute Gasteiger partial charge is 0.382 e. The van der Waals surface area contributed by atoms with E-state index < -0.39 is 23.5 Å². The predicted octanol–water partition coefficient (Wildman–Crippen LogP) is 1.80. The molecule has 11 heteroatoms. The first kappa shape index (κ1) is 18.5. The topological polar surface area (TPSA) is 141 Å². The van der Waals surface area contributed by atoms with Gasteiger partial charge < -0.3 is 20.9 Å². The Morgan fingerprint density at radius 1 is 1.26 bits per heavy atom. The lowest BCUT2D eigenvalue weighted by molar-refractivity contribution is -0.118. The number of benzene rings is 1. The van der Waals surface area contributed by atoms with Crippen molar-refractivity contribution in [2.24, 2.45) is 5.73 Å². The van der Waals surface area contributed by atoms with Gasteiger partial charge in [-0.1, -0.05) is 16.5 Å². The number of anilines is 3. The van der Waals surface area contributed by atoms with Gasteiger partial charge in [-0.3, -0.25) is 9.59 Å². The van der Waals surface area contributed by atoms with E-state index in [1.54, 1.807) is 13.8 Å². The molecule has 3 rings (SSSR count). The molecular weight excluding hydrogens is 375 g/mol. The second-order valence-electron chi connectivity index (χ2n) is 5.61. The van der Waals surface area contributed by atoms with Gasteiger partial charge in [0.05, 0.1) is 0 Å². The summed E-state index contributed by atoms with van der Waals surface area (Å²) in [7, 11) is 0. The molecule has 140 valence electrons. The molecule has 0 spiro atoms. The highest BCUT2D eigenvalue weighted by Crippen LogP contribution is 2.35. The van der Waals surface area contributed by atoms with Crippen LogP contribution in [0.25, 0.3) is 0 Å². The van der Waals surface area contributed by atoms with Crippen LogP contribution in [-0.2, 0) is 4.79 Å². The molecular formula is C16H15FN6O3S. The fraction of sp³-hybridized carbons (Fsp3) is 0.188. The number of rotatable bonds is 6. The molecule has 0 aliphatic rings. The minimum Gasteiger partial charge on any atom is -0.382 e. The Labute approximate surface area is 156 Å². The van der Waals surface area contributed by atoms with E-state index in [-0.39, 0.29) is 21.7 Å². The molecule has 0 aliphatic carbocycles. The number of primary amides is 1. The standard InChI is InChI=1S/C16H15FN6O3S/c1-7(14(19)25)23(10-5-3-9(17)4-6-10)16-21-13(18)12(27-16)11(24)15-20-8(2)22-26-15/h3-7H,18H2,1-2H3,(H2,19,25)/t7-/m1/s1. The van der Waals surface area contributed by atoms with Crippen LogP contribution in [0, 0.1) is 12.7 Å². The molecule has 1 atom stereocenters. The van der Waals surface area contributed by atoms with Crippen molar-refractivity contribution in [3.63, 3.8) is 0 Å². The molecule has 0 saturated carbocycles. The van der Waals surface area contributed by atoms with Crippen molar-refractivity contribution in [1.29, 1.82) is 0 Å². The van der Waals surface area contributed by atoms with Gasteiger partial charge in [-0.25, -0.2) is 9.37 Å². The van der Waals surface area contributed by atoms with Crippen molar-refractivity contribution < 1.29 is 18.5 Å². The van der Waals surface area contributed by atoms with Gasteiger partial charge in [-0.2, -0.15) is 4.98 Å². The van der Waals surface area contributed by atoms with Crippen LogP contribution in [0.3, 0.4) is 0 Å². The number of halogens is 1. The molecule has 1 aromatic carbocycles. The molecule has 0 aliphatic heterocycles. The number of aryl methyl sites for hydroxylation is 1. The van der Waals surface area contributed by atoms with Gasteiger partial charge in [0.15, 0.2) is 11.0 Å². The number of hydrogen-bond acceptors (Lipinski definition) is 9. The van der Waals surface area contributed by atoms with Gasteiger partial charge >= 0.3 is 0 Å². The first-order chi connectivity index (χ1) is 12.8. The first-order valence-electron chi connectivity index (χ1n) is 7.73. The predicted molar refractivity (Wildman–Crippen MR) is 96.2 cm³/mol. The van der Waals surface area contributed by atoms with Gasteiger partial charge in [0, 0.05) is 5.69 Å². The van der Waals surface area contributed by atoms with Crippen LogP contribution in [0.2, 0.25) is 0 Å². The summed E-state index contributed by atoms with van der Waals surface area (Å²) in [4.78, 5) is 33.9. The number of nitrogens with two attached hydrogens (primary N) is 2. The third-order valence-corrected chi connectivity index (χ3v) is 4.75. The van der Waals surface area contributed by atoms with Gasteiger partial charge in [0.2, 0.25) is 5.91 Å². The Balaban J connectivity index is 2.04. The lowest BCUT2D eigenvalue weighted by Crippen LogP contribution is -2.39. The van der Waals surface area contributed by atoms with Crippen LogP contribution in [0.4, 0.5) is 21.0 Å². The summed E-state index contributed by atoms with van der Waals surface area (Å²) < 4.78 is 18.1. The molecule has 0 fully saturated rings. The van der Waals surface area contributed by atoms with E-state index in [0.717, 1.165) is 11.3 Å². The maximum atomic E-state index is 13.3. The Kier molecular flexibility index (Phi) is 4.86. The Morgan fingerprint density at radius 3 is 2.48 bits per heavy atom. The summed E-state index contributed by atoms with van der Waals surface area (Å²) in [6, 6.07) is 4.58. The number of nitrogen functional groups attached to an aromatic ring is 1. The Bertz CT molecular complexity index is 1000. The van der Waals surface area contributed by atoms with Crippen molar-refractivity contribution in [2.45, 2.75) is 19.9 Å². The van der Waals surface area contributed by atoms with Crippen LogP contribution in [0.1, 0.15) is 28.3 Å². The number of aromatic nitrogens is 3. The summed E-state index contributed by atoms with van der Waals surface area (Å²) in [5, 5.41) is 3.81. The first-order valence-corrected chi connectivity index (χ1v) is 8.55. The second-order valence-corrected chi connectivity index (χ2v) is 6.59. The summed E-state index contributed by atoms with van der Waals surface area (Å²) in [6.07, 6.45) is 0. The van der Waals surface area contributed by atoms with Crippen molar-refractivity contribution >= 4 is 39.7 Å². The van der Waals surface area contributed by atoms with Crippen molar-refractivity contribution in [2.75, 3.05) is 10.6 Å². The molecule has 3 aromatic rings. The van der Waals surface area contributed by atoms with E-state index in [9.17, 15) is 14.0 Å². The molecule has 0 radical (unpaired) electrons. The highest BCUT2D eigenvalue weighted by atomic mass is 32.1. The maximum Gasteiger partial charge on any atom is 0.300 e. The minimum atomic E-state index is -0.824. The molecule has 0 bridgehead atoms. The lowest BCUT2D eigenvalue weighted by Gasteiger charge is -2.26. The maximum absolute atomic E-state index is 13.3. The fourth-order valence-corrected chi connectivity index (χ4v) is 3.32. The second kappa shape index (κ2) is 7.11. The summed E-state index contributed by atoms with van der Waals surface area (Å²) in [6.45, 7) is 3.14. The van der Waals surface area contributed by atoms with E-state index in [4.69, 9.17) is 16.0 Å². The zero-order chi connectivity index (χ0) is 19.7. The highest BCUT2D eigenvalue weighted by Gasteiger charge is 2.29. The smallest absolute Gasteiger partial charge is 0.300 e. The number of nitrogens with zero attached hydrogens (tertiary/aromatic N) is 4. The SMILES string of the molecule is Cc1noc(C(=O)c2sc(N(c3ccc(F)cc3)[C@H](C)C(N)=O)nc2N)n1. The summed E-state index contributed by atoms with van der Waals surface area (Å²) in [5.41, 5.74) is 11.8. The zero-order valence-electron chi connectivity index (χ0n) is 14.3. The average Bonchev–Trinajstić information content (AvgIpc) is 3.22. The zero-order valence-corrected chi connectivity index (χ0v) is 15.2. The number of carbonyl (C=O) groups is 2. The molecule has 0 saturated heterocycles. The van der Waals surface area contributed by atoms with Gasteiger partial charge in [-0.05, 0) is 38.1 Å². The summed E-state index contributed by atoms with van der Waals surface area (Å²) >= 11 is 0.936. The number of amides is 1. The highest BCUT2D eigenvalue weighted by molar-refractivity contribution is 7.18. The van der Waals surface area contributed by atoms with Crippen LogP contribution < -0.4 is 16.4 Å². The average molecular weight is 390 g/mol. The fourth-order valence-electron chi connectivity index (χ4n) is 2.30. The lowest BCUT2D eigenvalue weighted by atomic mass is 10.2. The molecule has 9 nitrogen and oxygen atoms in total. The van der Waals surface area contributed by atoms with Gasteiger partial charge in [0.25, 0.3) is 11.7 Å². The molecule has 2 heterocycles. The monoisotopic (exact) mass is 390 g/mol. The van der Waals surface area contributed by atoms with E-state index in [2.05, 4.69) is 15.1 Å². The molecule has 0 unspecified atom stereocenters. The molecule has 1 amide bonds. The normalized spacial score (nSPS) is 12.0. The number of carbonyl (C=O) groups excluding carboxylic acids is 2. The third-order valence-electron chi connectivity index (χ3n) is 3.68. The van der Waals surface area contributed by atoms with Crippen LogP contribution in [0.5, 0.6) is 0 Å². The number of hydrogen-bond donors (Lipinski definition) is 2. The minimum absolute atomic E-state index is 0.0559. The summed E-state index contributed by atoms with van der Waals surface area (Å²) in [5.74, 6) is -1.62. The Hall–Kier alpha value is -3.34. The molecule has 4 N–H and O–H groups in total. The van der Waals surface area contributed by atoms with Crippen LogP contribution in [-0.4, -0.2) is 32.9 Å². The quantitative estimate of drug-likeness (QED) is 0.607. The van der Waals surface area contributed by atoms with E-state index >= 15 is 0 Å².